The first-order valence-electron chi connectivity index (χ1n) is 22.5. The van der Waals surface area contributed by atoms with Crippen molar-refractivity contribution >= 4 is 56.0 Å². The minimum absolute atomic E-state index is 0.805. The predicted molar refractivity (Wildman–Crippen MR) is 277 cm³/mol. The van der Waals surface area contributed by atoms with E-state index in [1.165, 1.54) is 54.8 Å². The third kappa shape index (κ3) is 5.65. The van der Waals surface area contributed by atoms with Gasteiger partial charge in [0.15, 0.2) is 0 Å². The van der Waals surface area contributed by atoms with Crippen molar-refractivity contribution < 1.29 is 0 Å². The van der Waals surface area contributed by atoms with Crippen molar-refractivity contribution in [1.29, 1.82) is 0 Å². The number of fused-ring (bicyclic) bond motifs is 9. The lowest BCUT2D eigenvalue weighted by molar-refractivity contribution is 0.673. The fourth-order valence-corrected chi connectivity index (χ4v) is 10.9. The second-order valence-electron chi connectivity index (χ2n) is 17.4. The number of benzene rings is 10. The van der Waals surface area contributed by atoms with Gasteiger partial charge in [-0.25, -0.2) is 0 Å². The maximum absolute atomic E-state index is 7.69. The Morgan fingerprint density at radius 2 is 0.848 bits per heavy atom. The van der Waals surface area contributed by atoms with Crippen LogP contribution < -0.4 is 5.73 Å². The van der Waals surface area contributed by atoms with Gasteiger partial charge in [0.2, 0.25) is 0 Å². The summed E-state index contributed by atoms with van der Waals surface area (Å²) in [7, 11) is 0. The number of nitrogens with zero attached hydrogens (tertiary/aromatic N) is 3. The second-order valence-corrected chi connectivity index (χ2v) is 17.4. The molecule has 2 N–H and O–H groups in total. The molecule has 66 heavy (non-hydrogen) atoms. The van der Waals surface area contributed by atoms with Crippen molar-refractivity contribution in [2.75, 3.05) is 0 Å². The van der Waals surface area contributed by atoms with Crippen LogP contribution in [0.25, 0.3) is 99.5 Å². The Morgan fingerprint density at radius 1 is 0.364 bits per heavy atom. The van der Waals surface area contributed by atoms with Gasteiger partial charge < -0.3 is 14.9 Å². The Morgan fingerprint density at radius 3 is 1.55 bits per heavy atom. The van der Waals surface area contributed by atoms with Crippen LogP contribution in [0.1, 0.15) is 16.7 Å². The van der Waals surface area contributed by atoms with Gasteiger partial charge in [-0.3, -0.25) is 4.99 Å². The van der Waals surface area contributed by atoms with E-state index in [0.29, 0.717) is 0 Å². The van der Waals surface area contributed by atoms with Gasteiger partial charge in [0.1, 0.15) is 0 Å². The number of aromatic nitrogens is 2. The van der Waals surface area contributed by atoms with Crippen molar-refractivity contribution in [1.82, 2.24) is 9.13 Å². The standard InChI is InChI=1S/C62H42N4/c1-64-56-27-14-25-51-49-23-8-10-26-55(49)62(63,61(51)56)46-19-12-17-41(35-46)43-29-33-59-53(38-43)54-39-45(31-34-60(54)66(59)48-22-13-18-42(36-48)40-15-4-2-5-16-40)44-30-32-58-52(37-44)50-24-9-11-28-57(50)65(58)47-20-6-3-7-21-47/h2-39H,1,63H2. The number of aliphatic imine (C=N–C) groups is 1. The van der Waals surface area contributed by atoms with Crippen LogP contribution in [0.4, 0.5) is 5.69 Å². The molecule has 0 radical (unpaired) electrons. The molecule has 1 aliphatic rings. The molecule has 0 saturated heterocycles. The van der Waals surface area contributed by atoms with E-state index in [0.717, 1.165) is 67.0 Å². The molecular weight excluding hydrogens is 801 g/mol. The summed E-state index contributed by atoms with van der Waals surface area (Å²) < 4.78 is 4.79. The first-order valence-corrected chi connectivity index (χ1v) is 22.5. The van der Waals surface area contributed by atoms with E-state index in [1.807, 2.05) is 12.1 Å². The molecule has 1 aliphatic carbocycles. The summed E-state index contributed by atoms with van der Waals surface area (Å²) in [6, 6.07) is 83.1. The van der Waals surface area contributed by atoms with Crippen LogP contribution in [0.5, 0.6) is 0 Å². The average Bonchev–Trinajstić information content (AvgIpc) is 4.00. The third-order valence-corrected chi connectivity index (χ3v) is 13.9. The van der Waals surface area contributed by atoms with Gasteiger partial charge in [0.05, 0.1) is 33.3 Å². The Balaban J connectivity index is 1.00. The normalized spacial score (nSPS) is 14.3. The minimum atomic E-state index is -0.910. The summed E-state index contributed by atoms with van der Waals surface area (Å²) in [6.45, 7) is 3.95. The summed E-state index contributed by atoms with van der Waals surface area (Å²) in [4.78, 5) is 4.48. The van der Waals surface area contributed by atoms with Crippen molar-refractivity contribution in [2.45, 2.75) is 5.54 Å². The molecule has 13 rings (SSSR count). The van der Waals surface area contributed by atoms with Crippen LogP contribution in [0.3, 0.4) is 0 Å². The van der Waals surface area contributed by atoms with E-state index in [9.17, 15) is 0 Å². The molecule has 12 aromatic rings. The molecule has 1 atom stereocenters. The topological polar surface area (TPSA) is 48.2 Å². The smallest absolute Gasteiger partial charge is 0.0956 e. The SMILES string of the molecule is C=Nc1cccc2c1C(N)(c1cccc(-c3ccc4c(c3)c3cc(-c5ccc6c(c5)c5ccccc5n6-c5ccccc5)ccc3n4-c3cccc(-c4ccccc4)c3)c1)c1ccccc1-2. The number of rotatable bonds is 7. The maximum Gasteiger partial charge on any atom is 0.0956 e. The second kappa shape index (κ2) is 14.7. The number of nitrogens with two attached hydrogens (primary N) is 1. The lowest BCUT2D eigenvalue weighted by atomic mass is 9.80. The summed E-state index contributed by atoms with van der Waals surface area (Å²) in [5.74, 6) is 0. The molecule has 0 aliphatic heterocycles. The number of hydrogen-bond donors (Lipinski definition) is 1. The van der Waals surface area contributed by atoms with Gasteiger partial charge in [-0.2, -0.15) is 0 Å². The van der Waals surface area contributed by atoms with Gasteiger partial charge >= 0.3 is 0 Å². The number of para-hydroxylation sites is 2. The van der Waals surface area contributed by atoms with Gasteiger partial charge in [0, 0.05) is 38.5 Å². The van der Waals surface area contributed by atoms with Gasteiger partial charge in [0.25, 0.3) is 0 Å². The molecule has 4 nitrogen and oxygen atoms in total. The summed E-state index contributed by atoms with van der Waals surface area (Å²) in [6.07, 6.45) is 0. The van der Waals surface area contributed by atoms with Crippen LogP contribution in [-0.2, 0) is 5.54 Å². The highest BCUT2D eigenvalue weighted by atomic mass is 15.0. The Kier molecular flexibility index (Phi) is 8.48. The Hall–Kier alpha value is -8.57. The molecule has 0 saturated carbocycles. The van der Waals surface area contributed by atoms with Crippen molar-refractivity contribution in [3.05, 3.63) is 247 Å². The molecule has 0 spiro atoms. The van der Waals surface area contributed by atoms with Crippen molar-refractivity contribution in [3.8, 4) is 55.9 Å². The average molecular weight is 843 g/mol. The van der Waals surface area contributed by atoms with Crippen LogP contribution in [0, 0.1) is 0 Å². The molecule has 4 heteroatoms. The van der Waals surface area contributed by atoms with Crippen LogP contribution in [-0.4, -0.2) is 15.9 Å². The molecular formula is C62H42N4. The molecule has 0 bridgehead atoms. The van der Waals surface area contributed by atoms with Crippen LogP contribution >= 0.6 is 0 Å². The fraction of sp³-hybridized carbons (Fsp3) is 0.0161. The van der Waals surface area contributed by atoms with Crippen molar-refractivity contribution in [2.24, 2.45) is 10.7 Å². The quantitative estimate of drug-likeness (QED) is 0.160. The van der Waals surface area contributed by atoms with Gasteiger partial charge in [-0.05, 0) is 141 Å². The molecule has 2 aromatic heterocycles. The highest BCUT2D eigenvalue weighted by molar-refractivity contribution is 6.13. The summed E-state index contributed by atoms with van der Waals surface area (Å²) in [5.41, 5.74) is 26.8. The minimum Gasteiger partial charge on any atom is -0.314 e. The van der Waals surface area contributed by atoms with E-state index in [-0.39, 0.29) is 0 Å². The highest BCUT2D eigenvalue weighted by Gasteiger charge is 2.43. The predicted octanol–water partition coefficient (Wildman–Crippen LogP) is 15.4. The first kappa shape index (κ1) is 37.9. The Labute approximate surface area is 382 Å². The van der Waals surface area contributed by atoms with E-state index in [2.05, 4.69) is 239 Å². The zero-order valence-corrected chi connectivity index (χ0v) is 36.1. The molecule has 1 unspecified atom stereocenters. The molecule has 310 valence electrons. The van der Waals surface area contributed by atoms with E-state index in [1.54, 1.807) is 0 Å². The zero-order chi connectivity index (χ0) is 43.9. The third-order valence-electron chi connectivity index (χ3n) is 13.9. The van der Waals surface area contributed by atoms with Gasteiger partial charge in [-0.15, -0.1) is 0 Å². The van der Waals surface area contributed by atoms with E-state index in [4.69, 9.17) is 5.73 Å². The Bertz CT molecular complexity index is 3910. The molecule has 2 heterocycles. The monoisotopic (exact) mass is 842 g/mol. The molecule has 0 fully saturated rings. The molecule has 0 amide bonds. The van der Waals surface area contributed by atoms with Crippen LogP contribution in [0.15, 0.2) is 236 Å². The number of hydrogen-bond acceptors (Lipinski definition) is 2. The van der Waals surface area contributed by atoms with E-state index < -0.39 is 5.54 Å². The summed E-state index contributed by atoms with van der Waals surface area (Å²) in [5, 5.41) is 4.84. The van der Waals surface area contributed by atoms with E-state index >= 15 is 0 Å². The largest absolute Gasteiger partial charge is 0.314 e. The molecule has 10 aromatic carbocycles. The maximum atomic E-state index is 7.69. The highest BCUT2D eigenvalue weighted by Crippen LogP contribution is 2.53. The van der Waals surface area contributed by atoms with Crippen molar-refractivity contribution in [3.63, 3.8) is 0 Å². The van der Waals surface area contributed by atoms with Gasteiger partial charge in [-0.1, -0.05) is 152 Å². The lowest BCUT2D eigenvalue weighted by Crippen LogP contribution is -2.37. The summed E-state index contributed by atoms with van der Waals surface area (Å²) >= 11 is 0. The zero-order valence-electron chi connectivity index (χ0n) is 36.1. The van der Waals surface area contributed by atoms with Crippen LogP contribution in [0.2, 0.25) is 0 Å². The fourth-order valence-electron chi connectivity index (χ4n) is 10.9. The first-order chi connectivity index (χ1) is 32.6. The lowest BCUT2D eigenvalue weighted by Gasteiger charge is -2.29.